The first-order valence-electron chi connectivity index (χ1n) is 5.18. The summed E-state index contributed by atoms with van der Waals surface area (Å²) in [6, 6.07) is 7.70. The van der Waals surface area contributed by atoms with Crippen LogP contribution in [-0.4, -0.2) is 17.0 Å². The fourth-order valence-electron chi connectivity index (χ4n) is 1.46. The van der Waals surface area contributed by atoms with Crippen molar-refractivity contribution in [2.45, 2.75) is 6.54 Å². The van der Waals surface area contributed by atoms with E-state index in [-0.39, 0.29) is 0 Å². The summed E-state index contributed by atoms with van der Waals surface area (Å²) >= 11 is 5.83. The van der Waals surface area contributed by atoms with Crippen molar-refractivity contribution in [3.8, 4) is 0 Å². The van der Waals surface area contributed by atoms with Crippen LogP contribution in [0.1, 0.15) is 5.56 Å². The molecule has 5 heteroatoms. The van der Waals surface area contributed by atoms with Gasteiger partial charge in [0.05, 0.1) is 18.1 Å². The first-order valence-corrected chi connectivity index (χ1v) is 5.56. The third kappa shape index (κ3) is 3.07. The zero-order valence-electron chi connectivity index (χ0n) is 9.47. The first-order chi connectivity index (χ1) is 8.15. The summed E-state index contributed by atoms with van der Waals surface area (Å²) in [4.78, 5) is 10.3. The third-order valence-corrected chi connectivity index (χ3v) is 2.58. The maximum absolute atomic E-state index is 5.83. The first kappa shape index (κ1) is 11.7. The number of nitrogen functional groups attached to an aromatic ring is 1. The molecular formula is C12H13ClN4. The highest BCUT2D eigenvalue weighted by Gasteiger charge is 2.04. The summed E-state index contributed by atoms with van der Waals surface area (Å²) in [6.45, 7) is 0.723. The van der Waals surface area contributed by atoms with Crippen LogP contribution in [0.4, 0.5) is 11.6 Å². The fraction of sp³-hybridized carbons (Fsp3) is 0.167. The summed E-state index contributed by atoms with van der Waals surface area (Å²) in [5, 5.41) is 0.736. The summed E-state index contributed by atoms with van der Waals surface area (Å²) < 4.78 is 0. The molecule has 0 saturated carbocycles. The van der Waals surface area contributed by atoms with Crippen molar-refractivity contribution in [3.05, 3.63) is 47.2 Å². The Hall–Kier alpha value is -1.81. The van der Waals surface area contributed by atoms with E-state index >= 15 is 0 Å². The van der Waals surface area contributed by atoms with Gasteiger partial charge in [0.25, 0.3) is 0 Å². The molecule has 2 N–H and O–H groups in total. The second-order valence-corrected chi connectivity index (χ2v) is 4.24. The van der Waals surface area contributed by atoms with Crippen molar-refractivity contribution in [2.75, 3.05) is 17.7 Å². The summed E-state index contributed by atoms with van der Waals surface area (Å²) in [5.74, 6) is 0.647. The number of benzene rings is 1. The highest BCUT2D eigenvalue weighted by Crippen LogP contribution is 2.13. The Morgan fingerprint density at radius 2 is 1.76 bits per heavy atom. The Balaban J connectivity index is 2.08. The lowest BCUT2D eigenvalue weighted by atomic mass is 10.2. The van der Waals surface area contributed by atoms with Gasteiger partial charge in [-0.1, -0.05) is 23.7 Å². The van der Waals surface area contributed by atoms with Gasteiger partial charge in [0.2, 0.25) is 5.95 Å². The van der Waals surface area contributed by atoms with E-state index in [1.165, 1.54) is 0 Å². The molecule has 4 nitrogen and oxygen atoms in total. The number of halogens is 1. The Morgan fingerprint density at radius 3 is 2.35 bits per heavy atom. The second kappa shape index (κ2) is 5.01. The monoisotopic (exact) mass is 248 g/mol. The van der Waals surface area contributed by atoms with Crippen LogP contribution in [-0.2, 0) is 6.54 Å². The van der Waals surface area contributed by atoms with E-state index in [0.717, 1.165) is 17.1 Å². The minimum absolute atomic E-state index is 0.564. The molecule has 1 aromatic carbocycles. The number of nitrogens with zero attached hydrogens (tertiary/aromatic N) is 3. The zero-order chi connectivity index (χ0) is 12.3. The molecule has 1 heterocycles. The van der Waals surface area contributed by atoms with E-state index in [1.807, 2.05) is 36.2 Å². The van der Waals surface area contributed by atoms with E-state index in [0.29, 0.717) is 11.6 Å². The predicted octanol–water partition coefficient (Wildman–Crippen LogP) is 2.35. The largest absolute Gasteiger partial charge is 0.396 e. The fourth-order valence-corrected chi connectivity index (χ4v) is 1.59. The van der Waals surface area contributed by atoms with Gasteiger partial charge in [-0.2, -0.15) is 0 Å². The zero-order valence-corrected chi connectivity index (χ0v) is 10.2. The molecule has 88 valence electrons. The molecule has 0 bridgehead atoms. The lowest BCUT2D eigenvalue weighted by molar-refractivity contribution is 0.867. The van der Waals surface area contributed by atoms with Crippen LogP contribution >= 0.6 is 11.6 Å². The Bertz CT molecular complexity index is 481. The van der Waals surface area contributed by atoms with Crippen LogP contribution in [0.15, 0.2) is 36.7 Å². The number of hydrogen-bond donors (Lipinski definition) is 1. The maximum Gasteiger partial charge on any atom is 0.225 e. The molecule has 1 aromatic heterocycles. The average molecular weight is 249 g/mol. The molecule has 0 radical (unpaired) electrons. The normalized spacial score (nSPS) is 10.2. The molecular weight excluding hydrogens is 236 g/mol. The molecule has 17 heavy (non-hydrogen) atoms. The van der Waals surface area contributed by atoms with Crippen molar-refractivity contribution in [3.63, 3.8) is 0 Å². The molecule has 0 aliphatic heterocycles. The second-order valence-electron chi connectivity index (χ2n) is 3.80. The van der Waals surface area contributed by atoms with Crippen molar-refractivity contribution < 1.29 is 0 Å². The minimum Gasteiger partial charge on any atom is -0.396 e. The average Bonchev–Trinajstić information content (AvgIpc) is 2.33. The standard InChI is InChI=1S/C12H13ClN4/c1-17(12-15-6-11(14)7-16-12)8-9-2-4-10(13)5-3-9/h2-7H,8,14H2,1H3. The Morgan fingerprint density at radius 1 is 1.18 bits per heavy atom. The van der Waals surface area contributed by atoms with Gasteiger partial charge in [0.15, 0.2) is 0 Å². The topological polar surface area (TPSA) is 55.0 Å². The molecule has 0 amide bonds. The van der Waals surface area contributed by atoms with Gasteiger partial charge in [-0.15, -0.1) is 0 Å². The number of nitrogens with two attached hydrogens (primary N) is 1. The minimum atomic E-state index is 0.564. The van der Waals surface area contributed by atoms with Crippen molar-refractivity contribution >= 4 is 23.2 Å². The molecule has 0 aliphatic rings. The Kier molecular flexibility index (Phi) is 3.44. The van der Waals surface area contributed by atoms with Crippen LogP contribution in [0, 0.1) is 0 Å². The van der Waals surface area contributed by atoms with Crippen LogP contribution in [0.25, 0.3) is 0 Å². The highest BCUT2D eigenvalue weighted by atomic mass is 35.5. The van der Waals surface area contributed by atoms with E-state index in [4.69, 9.17) is 17.3 Å². The molecule has 0 unspecified atom stereocenters. The molecule has 0 spiro atoms. The predicted molar refractivity (Wildman–Crippen MR) is 70.0 cm³/mol. The van der Waals surface area contributed by atoms with Gasteiger partial charge in [0.1, 0.15) is 0 Å². The van der Waals surface area contributed by atoms with Gasteiger partial charge in [0, 0.05) is 18.6 Å². The molecule has 0 atom stereocenters. The quantitative estimate of drug-likeness (QED) is 0.906. The van der Waals surface area contributed by atoms with Crippen LogP contribution < -0.4 is 10.6 Å². The molecule has 2 aromatic rings. The third-order valence-electron chi connectivity index (χ3n) is 2.33. The number of rotatable bonds is 3. The van der Waals surface area contributed by atoms with Gasteiger partial charge in [-0.05, 0) is 17.7 Å². The van der Waals surface area contributed by atoms with Crippen LogP contribution in [0.5, 0.6) is 0 Å². The van der Waals surface area contributed by atoms with Crippen molar-refractivity contribution in [1.82, 2.24) is 9.97 Å². The molecule has 0 aliphatic carbocycles. The summed E-state index contributed by atoms with van der Waals surface area (Å²) in [6.07, 6.45) is 3.20. The van der Waals surface area contributed by atoms with Crippen LogP contribution in [0.3, 0.4) is 0 Å². The highest BCUT2D eigenvalue weighted by molar-refractivity contribution is 6.30. The molecule has 0 saturated heterocycles. The van der Waals surface area contributed by atoms with E-state index in [2.05, 4.69) is 9.97 Å². The lowest BCUT2D eigenvalue weighted by Crippen LogP contribution is -2.18. The Labute approximate surface area is 105 Å². The van der Waals surface area contributed by atoms with Crippen molar-refractivity contribution in [2.24, 2.45) is 0 Å². The van der Waals surface area contributed by atoms with Gasteiger partial charge < -0.3 is 10.6 Å². The number of anilines is 2. The number of hydrogen-bond acceptors (Lipinski definition) is 4. The van der Waals surface area contributed by atoms with E-state index in [9.17, 15) is 0 Å². The SMILES string of the molecule is CN(Cc1ccc(Cl)cc1)c1ncc(N)cn1. The number of aromatic nitrogens is 2. The van der Waals surface area contributed by atoms with Gasteiger partial charge in [-0.25, -0.2) is 9.97 Å². The summed E-state index contributed by atoms with van der Waals surface area (Å²) in [5.41, 5.74) is 7.25. The van der Waals surface area contributed by atoms with E-state index < -0.39 is 0 Å². The smallest absolute Gasteiger partial charge is 0.225 e. The van der Waals surface area contributed by atoms with Gasteiger partial charge >= 0.3 is 0 Å². The van der Waals surface area contributed by atoms with Crippen LogP contribution in [0.2, 0.25) is 5.02 Å². The maximum atomic E-state index is 5.83. The van der Waals surface area contributed by atoms with E-state index in [1.54, 1.807) is 12.4 Å². The molecule has 0 fully saturated rings. The lowest BCUT2D eigenvalue weighted by Gasteiger charge is -2.16. The van der Waals surface area contributed by atoms with Gasteiger partial charge in [-0.3, -0.25) is 0 Å². The summed E-state index contributed by atoms with van der Waals surface area (Å²) in [7, 11) is 1.93. The molecule has 2 rings (SSSR count). The van der Waals surface area contributed by atoms with Crippen molar-refractivity contribution in [1.29, 1.82) is 0 Å².